The van der Waals surface area contributed by atoms with Crippen LogP contribution in [0.25, 0.3) is 60.9 Å². The summed E-state index contributed by atoms with van der Waals surface area (Å²) in [5.74, 6) is 1.41. The summed E-state index contributed by atoms with van der Waals surface area (Å²) in [5, 5.41) is 12.0. The van der Waals surface area contributed by atoms with E-state index in [1.165, 1.54) is 18.4 Å². The van der Waals surface area contributed by atoms with Crippen LogP contribution < -0.4 is 5.32 Å². The molecule has 1 aliphatic heterocycles. The summed E-state index contributed by atoms with van der Waals surface area (Å²) in [6.45, 7) is 8.29. The minimum Gasteiger partial charge on any atom is -0.337 e. The van der Waals surface area contributed by atoms with E-state index in [2.05, 4.69) is 66.3 Å². The SMILES string of the molecule is C=C(C)c1ccc(-c2nccc3[nH]c(-c4[nH]nc5ncc(-c6cncc(CC7CCNCC7)c6)cc45)nc23)s1. The molecule has 0 saturated carbocycles. The highest BCUT2D eigenvalue weighted by atomic mass is 32.1. The second-order valence-electron chi connectivity index (χ2n) is 10.3. The Morgan fingerprint density at radius 1 is 1.05 bits per heavy atom. The number of nitrogens with one attached hydrogen (secondary N) is 3. The lowest BCUT2D eigenvalue weighted by Crippen LogP contribution is -2.28. The maximum absolute atomic E-state index is 4.97. The normalized spacial score (nSPS) is 14.4. The first-order valence-corrected chi connectivity index (χ1v) is 14.0. The maximum atomic E-state index is 4.97. The highest BCUT2D eigenvalue weighted by Gasteiger charge is 2.18. The summed E-state index contributed by atoms with van der Waals surface area (Å²) >= 11 is 1.67. The average Bonchev–Trinajstić information content (AvgIpc) is 3.71. The zero-order valence-electron chi connectivity index (χ0n) is 21.7. The lowest BCUT2D eigenvalue weighted by atomic mass is 9.91. The van der Waals surface area contributed by atoms with Crippen LogP contribution in [0.4, 0.5) is 0 Å². The van der Waals surface area contributed by atoms with E-state index in [0.717, 1.165) is 73.8 Å². The summed E-state index contributed by atoms with van der Waals surface area (Å²) in [6.07, 6.45) is 11.1. The number of piperidine rings is 1. The fourth-order valence-corrected chi connectivity index (χ4v) is 6.27. The van der Waals surface area contributed by atoms with E-state index >= 15 is 0 Å². The summed E-state index contributed by atoms with van der Waals surface area (Å²) in [4.78, 5) is 24.5. The van der Waals surface area contributed by atoms with Gasteiger partial charge in [0.1, 0.15) is 16.9 Å². The molecule has 194 valence electrons. The third-order valence-electron chi connectivity index (χ3n) is 7.42. The Bertz CT molecular complexity index is 1820. The Labute approximate surface area is 229 Å². The molecule has 0 radical (unpaired) electrons. The van der Waals surface area contributed by atoms with Gasteiger partial charge in [-0.2, -0.15) is 5.10 Å². The fraction of sp³-hybridized carbons (Fsp3) is 0.233. The summed E-state index contributed by atoms with van der Waals surface area (Å²) in [6, 6.07) is 10.5. The minimum atomic E-state index is 0.649. The largest absolute Gasteiger partial charge is 0.337 e. The van der Waals surface area contributed by atoms with Gasteiger partial charge in [-0.25, -0.2) is 9.97 Å². The molecule has 39 heavy (non-hydrogen) atoms. The van der Waals surface area contributed by atoms with Gasteiger partial charge in [0.2, 0.25) is 0 Å². The van der Waals surface area contributed by atoms with E-state index in [4.69, 9.17) is 4.98 Å². The van der Waals surface area contributed by atoms with Crippen molar-refractivity contribution in [3.63, 3.8) is 0 Å². The second kappa shape index (κ2) is 9.83. The van der Waals surface area contributed by atoms with Gasteiger partial charge >= 0.3 is 0 Å². The van der Waals surface area contributed by atoms with Crippen LogP contribution in [0.15, 0.2) is 61.7 Å². The number of hydrogen-bond acceptors (Lipinski definition) is 7. The molecule has 7 rings (SSSR count). The fourth-order valence-electron chi connectivity index (χ4n) is 5.34. The van der Waals surface area contributed by atoms with Crippen molar-refractivity contribution in [3.8, 4) is 33.2 Å². The Hall–Kier alpha value is -4.21. The van der Waals surface area contributed by atoms with E-state index in [1.807, 2.05) is 37.8 Å². The van der Waals surface area contributed by atoms with Gasteiger partial charge in [0.15, 0.2) is 11.5 Å². The molecule has 0 unspecified atom stereocenters. The molecule has 8 nitrogen and oxygen atoms in total. The van der Waals surface area contributed by atoms with E-state index in [0.29, 0.717) is 17.4 Å². The summed E-state index contributed by atoms with van der Waals surface area (Å²) < 4.78 is 0. The lowest BCUT2D eigenvalue weighted by Gasteiger charge is -2.22. The number of thiophene rings is 1. The number of nitrogens with zero attached hydrogens (tertiary/aromatic N) is 5. The Kier molecular flexibility index (Phi) is 6.02. The predicted octanol–water partition coefficient (Wildman–Crippen LogP) is 6.26. The van der Waals surface area contributed by atoms with Crippen molar-refractivity contribution in [3.05, 3.63) is 72.1 Å². The van der Waals surface area contributed by atoms with Crippen LogP contribution in [0.3, 0.4) is 0 Å². The molecule has 1 fully saturated rings. The van der Waals surface area contributed by atoms with Gasteiger partial charge in [0.25, 0.3) is 0 Å². The van der Waals surface area contributed by atoms with Gasteiger partial charge in [-0.3, -0.25) is 15.1 Å². The van der Waals surface area contributed by atoms with Gasteiger partial charge in [0.05, 0.1) is 15.8 Å². The molecule has 6 aromatic rings. The smallest absolute Gasteiger partial charge is 0.181 e. The zero-order valence-corrected chi connectivity index (χ0v) is 22.5. The lowest BCUT2D eigenvalue weighted by molar-refractivity contribution is 0.372. The second-order valence-corrected chi connectivity index (χ2v) is 11.3. The summed E-state index contributed by atoms with van der Waals surface area (Å²) in [7, 11) is 0. The average molecular weight is 533 g/mol. The minimum absolute atomic E-state index is 0.649. The number of H-pyrrole nitrogens is 2. The predicted molar refractivity (Wildman–Crippen MR) is 157 cm³/mol. The number of fused-ring (bicyclic) bond motifs is 2. The van der Waals surface area contributed by atoms with Crippen molar-refractivity contribution in [2.24, 2.45) is 5.92 Å². The van der Waals surface area contributed by atoms with E-state index in [9.17, 15) is 0 Å². The molecule has 0 bridgehead atoms. The number of aromatic amines is 2. The molecule has 1 aliphatic rings. The molecule has 0 spiro atoms. The first kappa shape index (κ1) is 23.9. The van der Waals surface area contributed by atoms with Gasteiger partial charge in [-0.15, -0.1) is 11.3 Å². The molecule has 3 N–H and O–H groups in total. The van der Waals surface area contributed by atoms with Crippen LogP contribution in [-0.2, 0) is 6.42 Å². The Morgan fingerprint density at radius 3 is 2.77 bits per heavy atom. The summed E-state index contributed by atoms with van der Waals surface area (Å²) in [5.41, 5.74) is 8.43. The van der Waals surface area contributed by atoms with Crippen LogP contribution in [0, 0.1) is 5.92 Å². The van der Waals surface area contributed by atoms with Gasteiger partial charge in [-0.1, -0.05) is 6.58 Å². The molecule has 1 saturated heterocycles. The topological polar surface area (TPSA) is 108 Å². The van der Waals surface area contributed by atoms with Crippen molar-refractivity contribution >= 4 is 39.0 Å². The number of rotatable bonds is 6. The molecule has 7 heterocycles. The molecule has 0 aliphatic carbocycles. The van der Waals surface area contributed by atoms with Crippen LogP contribution in [0.1, 0.15) is 30.2 Å². The molecule has 0 amide bonds. The molecule has 6 aromatic heterocycles. The van der Waals surface area contributed by atoms with Crippen molar-refractivity contribution in [1.82, 2.24) is 40.4 Å². The van der Waals surface area contributed by atoms with Crippen molar-refractivity contribution in [1.29, 1.82) is 0 Å². The van der Waals surface area contributed by atoms with Gasteiger partial charge in [0, 0.05) is 40.8 Å². The third kappa shape index (κ3) is 4.53. The van der Waals surface area contributed by atoms with Crippen molar-refractivity contribution in [2.45, 2.75) is 26.2 Å². The van der Waals surface area contributed by atoms with Crippen molar-refractivity contribution in [2.75, 3.05) is 13.1 Å². The highest BCUT2D eigenvalue weighted by molar-refractivity contribution is 7.16. The van der Waals surface area contributed by atoms with Gasteiger partial charge in [-0.05, 0) is 86.7 Å². The van der Waals surface area contributed by atoms with Gasteiger partial charge < -0.3 is 10.3 Å². The zero-order chi connectivity index (χ0) is 26.3. The number of imidazole rings is 1. The number of hydrogen-bond donors (Lipinski definition) is 3. The highest BCUT2D eigenvalue weighted by Crippen LogP contribution is 2.35. The first-order chi connectivity index (χ1) is 19.1. The van der Waals surface area contributed by atoms with E-state index in [1.54, 1.807) is 11.3 Å². The first-order valence-electron chi connectivity index (χ1n) is 13.2. The van der Waals surface area contributed by atoms with Crippen molar-refractivity contribution < 1.29 is 0 Å². The van der Waals surface area contributed by atoms with Crippen LogP contribution in [0.2, 0.25) is 0 Å². The quantitative estimate of drug-likeness (QED) is 0.234. The molecule has 9 heteroatoms. The van der Waals surface area contributed by atoms with Crippen LogP contribution >= 0.6 is 11.3 Å². The number of pyridine rings is 3. The van der Waals surface area contributed by atoms with Crippen LogP contribution in [-0.4, -0.2) is 48.2 Å². The van der Waals surface area contributed by atoms with Crippen LogP contribution in [0.5, 0.6) is 0 Å². The maximum Gasteiger partial charge on any atom is 0.181 e. The Balaban J connectivity index is 1.25. The Morgan fingerprint density at radius 2 is 1.92 bits per heavy atom. The molecular weight excluding hydrogens is 504 g/mol. The molecule has 0 atom stereocenters. The molecule has 0 aromatic carbocycles. The monoisotopic (exact) mass is 532 g/mol. The van der Waals surface area contributed by atoms with E-state index < -0.39 is 0 Å². The van der Waals surface area contributed by atoms with E-state index in [-0.39, 0.29) is 0 Å². The number of aromatic nitrogens is 7. The third-order valence-corrected chi connectivity index (χ3v) is 8.67. The standard InChI is InChI=1S/C30H28N8S/c1-17(2)24-3-4-25(39-24)28-27-23(7-10-33-28)35-30(36-27)26-22-13-21(16-34-29(22)38-37-26)20-12-19(14-32-15-20)11-18-5-8-31-9-6-18/h3-4,7,10,12-16,18,31H,1,5-6,8-9,11H2,2H3,(H,35,36)(H,34,37,38). The molecular formula is C30H28N8S. The number of allylic oxidation sites excluding steroid dienone is 1.